The molecule has 0 saturated heterocycles. The molecular formula is C24H23N3O4S2. The molecule has 1 aliphatic heterocycles. The molecule has 0 aliphatic carbocycles. The summed E-state index contributed by atoms with van der Waals surface area (Å²) in [6.45, 7) is 5.21. The average molecular weight is 482 g/mol. The Morgan fingerprint density at radius 2 is 1.94 bits per heavy atom. The third kappa shape index (κ3) is 4.56. The normalized spacial score (nSPS) is 15.0. The molecule has 0 spiro atoms. The van der Waals surface area contributed by atoms with Gasteiger partial charge in [-0.15, -0.1) is 10.2 Å². The third-order valence-electron chi connectivity index (χ3n) is 5.40. The predicted octanol–water partition coefficient (Wildman–Crippen LogP) is 5.19. The van der Waals surface area contributed by atoms with Crippen molar-refractivity contribution >= 4 is 40.0 Å². The molecule has 0 fully saturated rings. The number of carbonyl (C=O) groups is 1. The van der Waals surface area contributed by atoms with Crippen molar-refractivity contribution in [2.24, 2.45) is 0 Å². The van der Waals surface area contributed by atoms with Crippen molar-refractivity contribution in [2.75, 3.05) is 19.7 Å². The summed E-state index contributed by atoms with van der Waals surface area (Å²) in [5.74, 6) is 2.21. The first-order chi connectivity index (χ1) is 16.1. The lowest BCUT2D eigenvalue weighted by Crippen LogP contribution is -2.43. The van der Waals surface area contributed by atoms with E-state index in [1.54, 1.807) is 28.0 Å². The third-order valence-corrected chi connectivity index (χ3v) is 7.40. The van der Waals surface area contributed by atoms with Crippen LogP contribution in [0, 0.1) is 6.92 Å². The van der Waals surface area contributed by atoms with E-state index < -0.39 is 0 Å². The number of aryl methyl sites for hydroxylation is 1. The van der Waals surface area contributed by atoms with E-state index in [2.05, 4.69) is 10.2 Å². The number of carbonyl (C=O) groups excluding carboxylic acids is 1. The molecule has 170 valence electrons. The van der Waals surface area contributed by atoms with Gasteiger partial charge < -0.3 is 18.8 Å². The van der Waals surface area contributed by atoms with Crippen molar-refractivity contribution in [3.63, 3.8) is 0 Å². The van der Waals surface area contributed by atoms with E-state index >= 15 is 0 Å². The Morgan fingerprint density at radius 1 is 1.15 bits per heavy atom. The SMILES string of the molecule is CCN(CC1COc2ccccc2O1)C(=O)c1oc2ccccc2c1CSc1nnc(C)s1. The van der Waals surface area contributed by atoms with Crippen LogP contribution in [-0.4, -0.2) is 46.8 Å². The molecule has 0 bridgehead atoms. The summed E-state index contributed by atoms with van der Waals surface area (Å²) in [5.41, 5.74) is 1.57. The number of rotatable bonds is 7. The zero-order valence-electron chi connectivity index (χ0n) is 18.3. The van der Waals surface area contributed by atoms with Gasteiger partial charge in [0.05, 0.1) is 6.54 Å². The highest BCUT2D eigenvalue weighted by Crippen LogP contribution is 2.34. The highest BCUT2D eigenvalue weighted by atomic mass is 32.2. The van der Waals surface area contributed by atoms with Gasteiger partial charge in [-0.1, -0.05) is 53.4 Å². The van der Waals surface area contributed by atoms with E-state index in [0.717, 1.165) is 26.0 Å². The Morgan fingerprint density at radius 3 is 2.73 bits per heavy atom. The summed E-state index contributed by atoms with van der Waals surface area (Å²) in [6, 6.07) is 15.3. The fourth-order valence-electron chi connectivity index (χ4n) is 3.78. The zero-order chi connectivity index (χ0) is 22.8. The standard InChI is InChI=1S/C24H23N3O4S2/c1-3-27(12-16-13-29-20-10-6-7-11-21(20)30-16)23(28)22-18(14-32-24-26-25-15(2)33-24)17-8-4-5-9-19(17)31-22/h4-11,16H,3,12-14H2,1-2H3. The quantitative estimate of drug-likeness (QED) is 0.336. The number of hydrogen-bond acceptors (Lipinski definition) is 8. The number of hydrogen-bond donors (Lipinski definition) is 0. The summed E-state index contributed by atoms with van der Waals surface area (Å²) < 4.78 is 18.9. The lowest BCUT2D eigenvalue weighted by atomic mass is 10.1. The second-order valence-corrected chi connectivity index (χ2v) is 10.0. The molecule has 33 heavy (non-hydrogen) atoms. The van der Waals surface area contributed by atoms with Crippen LogP contribution in [0.1, 0.15) is 28.0 Å². The molecule has 2 aromatic heterocycles. The van der Waals surface area contributed by atoms with Crippen LogP contribution in [0.4, 0.5) is 0 Å². The minimum atomic E-state index is -0.254. The first-order valence-electron chi connectivity index (χ1n) is 10.7. The van der Waals surface area contributed by atoms with Crippen molar-refractivity contribution in [2.45, 2.75) is 30.0 Å². The van der Waals surface area contributed by atoms with Crippen LogP contribution >= 0.6 is 23.1 Å². The number of aromatic nitrogens is 2. The monoisotopic (exact) mass is 481 g/mol. The summed E-state index contributed by atoms with van der Waals surface area (Å²) in [4.78, 5) is 15.4. The summed E-state index contributed by atoms with van der Waals surface area (Å²) in [7, 11) is 0. The van der Waals surface area contributed by atoms with Crippen molar-refractivity contribution in [1.82, 2.24) is 15.1 Å². The van der Waals surface area contributed by atoms with Crippen LogP contribution in [0.5, 0.6) is 11.5 Å². The maximum Gasteiger partial charge on any atom is 0.290 e. The van der Waals surface area contributed by atoms with Gasteiger partial charge in [0.1, 0.15) is 17.2 Å². The number of fused-ring (bicyclic) bond motifs is 2. The van der Waals surface area contributed by atoms with E-state index in [-0.39, 0.29) is 12.0 Å². The Hall–Kier alpha value is -3.04. The van der Waals surface area contributed by atoms with Crippen LogP contribution in [-0.2, 0) is 5.75 Å². The molecule has 3 heterocycles. The minimum Gasteiger partial charge on any atom is -0.486 e. The number of likely N-dealkylation sites (N-methyl/N-ethyl adjacent to an activating group) is 1. The Labute approximate surface area is 199 Å². The van der Waals surface area contributed by atoms with E-state index in [1.165, 1.54) is 0 Å². The number of amides is 1. The molecule has 9 heteroatoms. The maximum absolute atomic E-state index is 13.6. The summed E-state index contributed by atoms with van der Waals surface area (Å²) in [5, 5.41) is 10.1. The van der Waals surface area contributed by atoms with E-state index in [0.29, 0.717) is 42.5 Å². The lowest BCUT2D eigenvalue weighted by molar-refractivity contribution is 0.0456. The molecule has 0 N–H and O–H groups in total. The molecule has 4 aromatic rings. The van der Waals surface area contributed by atoms with Gasteiger partial charge in [-0.25, -0.2) is 0 Å². The maximum atomic E-state index is 13.6. The van der Waals surface area contributed by atoms with Gasteiger partial charge in [0.25, 0.3) is 5.91 Å². The fraction of sp³-hybridized carbons (Fsp3) is 0.292. The summed E-state index contributed by atoms with van der Waals surface area (Å²) >= 11 is 3.10. The molecule has 5 rings (SSSR count). The first-order valence-corrected chi connectivity index (χ1v) is 12.5. The number of nitrogens with zero attached hydrogens (tertiary/aromatic N) is 3. The van der Waals surface area contributed by atoms with Crippen molar-refractivity contribution < 1.29 is 18.7 Å². The van der Waals surface area contributed by atoms with Gasteiger partial charge in [0.2, 0.25) is 0 Å². The van der Waals surface area contributed by atoms with Crippen molar-refractivity contribution in [3.8, 4) is 11.5 Å². The molecule has 2 aromatic carbocycles. The van der Waals surface area contributed by atoms with E-state index in [4.69, 9.17) is 13.9 Å². The molecule has 7 nitrogen and oxygen atoms in total. The number of ether oxygens (including phenoxy) is 2. The number of para-hydroxylation sites is 3. The van der Waals surface area contributed by atoms with Gasteiger partial charge in [-0.05, 0) is 32.0 Å². The largest absolute Gasteiger partial charge is 0.486 e. The molecule has 1 unspecified atom stereocenters. The van der Waals surface area contributed by atoms with Gasteiger partial charge in [0.15, 0.2) is 27.7 Å². The zero-order valence-corrected chi connectivity index (χ0v) is 19.9. The van der Waals surface area contributed by atoms with Gasteiger partial charge >= 0.3 is 0 Å². The highest BCUT2D eigenvalue weighted by Gasteiger charge is 2.29. The van der Waals surface area contributed by atoms with E-state index in [9.17, 15) is 4.79 Å². The van der Waals surface area contributed by atoms with Crippen LogP contribution < -0.4 is 9.47 Å². The Balaban J connectivity index is 1.38. The molecule has 1 amide bonds. The molecule has 1 aliphatic rings. The number of furan rings is 1. The predicted molar refractivity (Wildman–Crippen MR) is 128 cm³/mol. The first kappa shape index (κ1) is 21.8. The summed E-state index contributed by atoms with van der Waals surface area (Å²) in [6.07, 6.45) is -0.254. The topological polar surface area (TPSA) is 77.7 Å². The Bertz CT molecular complexity index is 1290. The lowest BCUT2D eigenvalue weighted by Gasteiger charge is -2.30. The van der Waals surface area contributed by atoms with Crippen LogP contribution in [0.25, 0.3) is 11.0 Å². The average Bonchev–Trinajstić information content (AvgIpc) is 3.43. The molecule has 0 saturated carbocycles. The van der Waals surface area contributed by atoms with Gasteiger partial charge in [-0.3, -0.25) is 4.79 Å². The van der Waals surface area contributed by atoms with Crippen LogP contribution in [0.3, 0.4) is 0 Å². The van der Waals surface area contributed by atoms with Crippen LogP contribution in [0.2, 0.25) is 0 Å². The smallest absolute Gasteiger partial charge is 0.290 e. The highest BCUT2D eigenvalue weighted by molar-refractivity contribution is 8.00. The Kier molecular flexibility index (Phi) is 6.24. The number of thioether (sulfide) groups is 1. The second kappa shape index (κ2) is 9.44. The molecule has 1 atom stereocenters. The van der Waals surface area contributed by atoms with Gasteiger partial charge in [-0.2, -0.15) is 0 Å². The molecular weight excluding hydrogens is 458 g/mol. The number of benzene rings is 2. The van der Waals surface area contributed by atoms with Gasteiger partial charge in [0, 0.05) is 23.2 Å². The second-order valence-electron chi connectivity index (χ2n) is 7.62. The fourth-order valence-corrected chi connectivity index (χ4v) is 5.63. The van der Waals surface area contributed by atoms with Crippen molar-refractivity contribution in [1.29, 1.82) is 0 Å². The van der Waals surface area contributed by atoms with Crippen molar-refractivity contribution in [3.05, 3.63) is 64.9 Å². The molecule has 0 radical (unpaired) electrons. The minimum absolute atomic E-state index is 0.153. The van der Waals surface area contributed by atoms with Crippen LogP contribution in [0.15, 0.2) is 57.3 Å². The van der Waals surface area contributed by atoms with E-state index in [1.807, 2.05) is 62.4 Å².